The Balaban J connectivity index is 1.72. The first-order valence-electron chi connectivity index (χ1n) is 9.60. The molecule has 4 rings (SSSR count). The van der Waals surface area contributed by atoms with Gasteiger partial charge in [-0.15, -0.1) is 0 Å². The van der Waals surface area contributed by atoms with Crippen molar-refractivity contribution < 1.29 is 4.79 Å². The summed E-state index contributed by atoms with van der Waals surface area (Å²) >= 11 is 0. The molecule has 0 radical (unpaired) electrons. The van der Waals surface area contributed by atoms with E-state index in [-0.39, 0.29) is 18.0 Å². The van der Waals surface area contributed by atoms with Gasteiger partial charge >= 0.3 is 5.69 Å². The van der Waals surface area contributed by atoms with Gasteiger partial charge in [-0.3, -0.25) is 14.2 Å². The maximum atomic E-state index is 12.9. The molecule has 0 saturated carbocycles. The normalized spacial score (nSPS) is 11.0. The Morgan fingerprint density at radius 1 is 1.10 bits per heavy atom. The number of carbonyl (C=O) groups is 1. The van der Waals surface area contributed by atoms with E-state index in [1.165, 1.54) is 6.07 Å². The number of aromatic nitrogens is 4. The van der Waals surface area contributed by atoms with Crippen molar-refractivity contribution in [2.24, 2.45) is 0 Å². The number of benzene rings is 2. The average Bonchev–Trinajstić information content (AvgIpc) is 3.06. The Hall–Kier alpha value is -3.94. The van der Waals surface area contributed by atoms with Crippen molar-refractivity contribution in [3.8, 4) is 5.69 Å². The second-order valence-corrected chi connectivity index (χ2v) is 7.05. The van der Waals surface area contributed by atoms with Gasteiger partial charge in [0.2, 0.25) is 0 Å². The summed E-state index contributed by atoms with van der Waals surface area (Å²) in [7, 11) is 0. The SMILES string of the molecule is CCn1c(=O)[nH]c2cc(C(=O)Nc3ccccc3-n3nc(C)cc3C)ccc2c1=O. The van der Waals surface area contributed by atoms with Gasteiger partial charge in [0.15, 0.2) is 0 Å². The van der Waals surface area contributed by atoms with Crippen LogP contribution in [0.15, 0.2) is 58.1 Å². The Morgan fingerprint density at radius 3 is 2.57 bits per heavy atom. The van der Waals surface area contributed by atoms with Gasteiger partial charge in [-0.1, -0.05) is 12.1 Å². The third-order valence-electron chi connectivity index (χ3n) is 4.95. The van der Waals surface area contributed by atoms with E-state index < -0.39 is 5.69 Å². The van der Waals surface area contributed by atoms with Crippen molar-refractivity contribution in [3.63, 3.8) is 0 Å². The molecule has 0 atom stereocenters. The van der Waals surface area contributed by atoms with Gasteiger partial charge in [0.05, 0.1) is 28.0 Å². The lowest BCUT2D eigenvalue weighted by atomic mass is 10.1. The monoisotopic (exact) mass is 403 g/mol. The second-order valence-electron chi connectivity index (χ2n) is 7.05. The topological polar surface area (TPSA) is 102 Å². The molecular weight excluding hydrogens is 382 g/mol. The predicted molar refractivity (Wildman–Crippen MR) is 115 cm³/mol. The third-order valence-corrected chi connectivity index (χ3v) is 4.95. The fraction of sp³-hybridized carbons (Fsp3) is 0.182. The molecule has 0 unspecified atom stereocenters. The van der Waals surface area contributed by atoms with Crippen molar-refractivity contribution in [1.82, 2.24) is 19.3 Å². The number of carbonyl (C=O) groups excluding carboxylic acids is 1. The van der Waals surface area contributed by atoms with Crippen molar-refractivity contribution in [2.75, 3.05) is 5.32 Å². The van der Waals surface area contributed by atoms with E-state index in [2.05, 4.69) is 15.4 Å². The van der Waals surface area contributed by atoms with Crippen LogP contribution >= 0.6 is 0 Å². The van der Waals surface area contributed by atoms with E-state index in [9.17, 15) is 14.4 Å². The summed E-state index contributed by atoms with van der Waals surface area (Å²) < 4.78 is 2.89. The molecule has 0 aliphatic rings. The van der Waals surface area contributed by atoms with E-state index >= 15 is 0 Å². The number of para-hydroxylation sites is 2. The molecule has 4 aromatic rings. The highest BCUT2D eigenvalue weighted by Crippen LogP contribution is 2.22. The van der Waals surface area contributed by atoms with Crippen molar-refractivity contribution >= 4 is 22.5 Å². The predicted octanol–water partition coefficient (Wildman–Crippen LogP) is 2.76. The second kappa shape index (κ2) is 7.47. The quantitative estimate of drug-likeness (QED) is 0.547. The first-order chi connectivity index (χ1) is 14.4. The molecule has 8 nitrogen and oxygen atoms in total. The summed E-state index contributed by atoms with van der Waals surface area (Å²) in [6.45, 7) is 5.86. The lowest BCUT2D eigenvalue weighted by Crippen LogP contribution is -2.34. The average molecular weight is 403 g/mol. The molecule has 2 aromatic heterocycles. The van der Waals surface area contributed by atoms with Crippen LogP contribution in [0.3, 0.4) is 0 Å². The lowest BCUT2D eigenvalue weighted by Gasteiger charge is -2.13. The number of hydrogen-bond donors (Lipinski definition) is 2. The number of amides is 1. The summed E-state index contributed by atoms with van der Waals surface area (Å²) in [6, 6.07) is 14.0. The summed E-state index contributed by atoms with van der Waals surface area (Å²) in [6.07, 6.45) is 0. The number of aryl methyl sites for hydroxylation is 2. The van der Waals surface area contributed by atoms with Crippen LogP contribution in [0, 0.1) is 13.8 Å². The molecule has 2 heterocycles. The fourth-order valence-electron chi connectivity index (χ4n) is 3.51. The maximum absolute atomic E-state index is 12.9. The molecule has 8 heteroatoms. The van der Waals surface area contributed by atoms with Gasteiger partial charge in [-0.05, 0) is 57.2 Å². The Bertz CT molecular complexity index is 1390. The molecule has 0 spiro atoms. The Kier molecular flexibility index (Phi) is 4.83. The van der Waals surface area contributed by atoms with E-state index in [0.29, 0.717) is 22.2 Å². The minimum atomic E-state index is -0.498. The molecule has 0 aliphatic heterocycles. The number of fused-ring (bicyclic) bond motifs is 1. The molecule has 1 amide bonds. The highest BCUT2D eigenvalue weighted by atomic mass is 16.2. The van der Waals surface area contributed by atoms with Crippen LogP contribution in [0.4, 0.5) is 5.69 Å². The van der Waals surface area contributed by atoms with E-state index in [0.717, 1.165) is 21.6 Å². The molecule has 0 saturated heterocycles. The van der Waals surface area contributed by atoms with Crippen LogP contribution in [0.2, 0.25) is 0 Å². The molecule has 0 aliphatic carbocycles. The van der Waals surface area contributed by atoms with E-state index in [1.54, 1.807) is 29.8 Å². The van der Waals surface area contributed by atoms with Gasteiger partial charge in [0.1, 0.15) is 0 Å². The van der Waals surface area contributed by atoms with E-state index in [1.807, 2.05) is 38.1 Å². The Morgan fingerprint density at radius 2 is 1.87 bits per heavy atom. The number of hydrogen-bond acceptors (Lipinski definition) is 4. The maximum Gasteiger partial charge on any atom is 0.328 e. The zero-order valence-corrected chi connectivity index (χ0v) is 16.9. The zero-order chi connectivity index (χ0) is 21.4. The van der Waals surface area contributed by atoms with Crippen LogP contribution in [-0.4, -0.2) is 25.2 Å². The van der Waals surface area contributed by atoms with Crippen LogP contribution in [0.25, 0.3) is 16.6 Å². The highest BCUT2D eigenvalue weighted by molar-refractivity contribution is 6.06. The first kappa shape index (κ1) is 19.4. The largest absolute Gasteiger partial charge is 0.328 e. The molecular formula is C22H21N5O3. The lowest BCUT2D eigenvalue weighted by molar-refractivity contribution is 0.102. The Labute approximate surface area is 171 Å². The summed E-state index contributed by atoms with van der Waals surface area (Å²) in [5.74, 6) is -0.355. The summed E-state index contributed by atoms with van der Waals surface area (Å²) in [5.41, 5.74) is 2.96. The van der Waals surface area contributed by atoms with Crippen molar-refractivity contribution in [1.29, 1.82) is 0 Å². The number of nitrogens with one attached hydrogen (secondary N) is 2. The first-order valence-corrected chi connectivity index (χ1v) is 9.60. The molecule has 152 valence electrons. The van der Waals surface area contributed by atoms with Crippen LogP contribution in [0.5, 0.6) is 0 Å². The van der Waals surface area contributed by atoms with Gasteiger partial charge in [-0.25, -0.2) is 9.48 Å². The highest BCUT2D eigenvalue weighted by Gasteiger charge is 2.14. The number of nitrogens with zero attached hydrogens (tertiary/aromatic N) is 3. The van der Waals surface area contributed by atoms with Gasteiger partial charge in [-0.2, -0.15) is 5.10 Å². The third kappa shape index (κ3) is 3.32. The minimum absolute atomic E-state index is 0.273. The van der Waals surface area contributed by atoms with Crippen LogP contribution in [-0.2, 0) is 6.54 Å². The van der Waals surface area contributed by atoms with Crippen molar-refractivity contribution in [3.05, 3.63) is 86.3 Å². The molecule has 0 bridgehead atoms. The molecule has 30 heavy (non-hydrogen) atoms. The molecule has 2 N–H and O–H groups in total. The zero-order valence-electron chi connectivity index (χ0n) is 16.9. The number of anilines is 1. The van der Waals surface area contributed by atoms with Gasteiger partial charge in [0.25, 0.3) is 11.5 Å². The van der Waals surface area contributed by atoms with E-state index in [4.69, 9.17) is 0 Å². The molecule has 2 aromatic carbocycles. The van der Waals surface area contributed by atoms with Gasteiger partial charge in [0, 0.05) is 17.8 Å². The number of rotatable bonds is 4. The van der Waals surface area contributed by atoms with Crippen LogP contribution < -0.4 is 16.6 Å². The van der Waals surface area contributed by atoms with Crippen molar-refractivity contribution in [2.45, 2.75) is 27.3 Å². The number of aromatic amines is 1. The summed E-state index contributed by atoms with van der Waals surface area (Å²) in [4.78, 5) is 40.1. The summed E-state index contributed by atoms with van der Waals surface area (Å²) in [5, 5.41) is 7.75. The smallest absolute Gasteiger partial charge is 0.320 e. The fourth-order valence-corrected chi connectivity index (χ4v) is 3.51. The number of H-pyrrole nitrogens is 1. The minimum Gasteiger partial charge on any atom is -0.320 e. The standard InChI is InChI=1S/C22H21N5O3/c1-4-26-21(29)16-10-9-15(12-18(16)24-22(26)30)20(28)23-17-7-5-6-8-19(17)27-14(3)11-13(2)25-27/h5-12H,4H2,1-3H3,(H,23,28)(H,24,30). The van der Waals surface area contributed by atoms with Gasteiger partial charge < -0.3 is 10.3 Å². The van der Waals surface area contributed by atoms with Crippen LogP contribution in [0.1, 0.15) is 28.7 Å². The molecule has 0 fully saturated rings.